The molecule has 0 fully saturated rings. The number of ketones is 1. The topological polar surface area (TPSA) is 253 Å². The first-order valence-corrected chi connectivity index (χ1v) is 20.4. The van der Waals surface area contributed by atoms with Crippen molar-refractivity contribution < 1.29 is 14.3 Å². The lowest BCUT2D eigenvalue weighted by molar-refractivity contribution is -0.144. The number of nitriles is 2. The summed E-state index contributed by atoms with van der Waals surface area (Å²) in [6.45, 7) is 9.42. The van der Waals surface area contributed by atoms with Crippen molar-refractivity contribution in [3.63, 3.8) is 0 Å². The maximum absolute atomic E-state index is 12.2. The van der Waals surface area contributed by atoms with E-state index in [0.717, 1.165) is 4.68 Å². The van der Waals surface area contributed by atoms with Gasteiger partial charge in [0.1, 0.15) is 18.6 Å². The van der Waals surface area contributed by atoms with E-state index >= 15 is 0 Å². The van der Waals surface area contributed by atoms with Crippen LogP contribution in [0.5, 0.6) is 0 Å². The van der Waals surface area contributed by atoms with E-state index in [0.29, 0.717) is 49.4 Å². The van der Waals surface area contributed by atoms with E-state index in [2.05, 4.69) is 25.8 Å². The maximum atomic E-state index is 12.2. The van der Waals surface area contributed by atoms with Gasteiger partial charge in [0.15, 0.2) is 0 Å². The summed E-state index contributed by atoms with van der Waals surface area (Å²) in [5.41, 5.74) is 3.69. The Labute approximate surface area is 379 Å². The molecule has 3 aromatic heterocycles. The molecule has 0 bridgehead atoms. The second kappa shape index (κ2) is 21.6. The molecular formula is C41H39Cl4N11O7. The summed E-state index contributed by atoms with van der Waals surface area (Å²) < 4.78 is 8.09. The molecule has 0 aliphatic heterocycles. The van der Waals surface area contributed by atoms with Crippen molar-refractivity contribution in [2.75, 3.05) is 12.0 Å². The number of halogens is 4. The lowest BCUT2D eigenvalue weighted by Crippen LogP contribution is -2.33. The van der Waals surface area contributed by atoms with E-state index < -0.39 is 40.8 Å². The van der Waals surface area contributed by atoms with Gasteiger partial charge in [-0.15, -0.1) is 5.10 Å². The molecule has 0 unspecified atom stereocenters. The normalized spacial score (nSPS) is 11.1. The third kappa shape index (κ3) is 12.4. The molecule has 5 rings (SSSR count). The van der Waals surface area contributed by atoms with Crippen LogP contribution < -0.4 is 27.8 Å². The summed E-state index contributed by atoms with van der Waals surface area (Å²) >= 11 is 25.6. The number of H-pyrrole nitrogens is 1. The van der Waals surface area contributed by atoms with Crippen molar-refractivity contribution in [3.8, 4) is 17.8 Å². The SMILES string of the molecule is CC(C)c1cc(Cc2c(Cl)cc(-n3nc(C#N)c(=O)[nH]c3=O)cc2Cl)nn(C)c1=O.CCOC(=O)CC(=O)/C(C#N)=N/Nc1cc(Cl)c(Cc2cc(C(C)C)c(=O)n(C)n2)c(Cl)c1. The Morgan fingerprint density at radius 1 is 0.794 bits per heavy atom. The standard InChI is InChI=1S/C22H23Cl2N5O4.C19H16Cl2N6O3/c1-5-33-21(31)10-20(30)19(11-25)27-26-13-8-17(23)16(18(24)9-13)7-14-6-15(12(2)3)22(32)29(4)28-14;1-9(2)12-4-10(24-26(3)18(12)29)5-13-14(20)6-11(7-15(13)21)27-19(30)23-17(28)16(8-22)25-27/h6,8-9,12,26H,5,7,10H2,1-4H3;4,6-7,9H,5H2,1-3H3,(H,23,28,30)/b27-19+;. The highest BCUT2D eigenvalue weighted by molar-refractivity contribution is 6.48. The van der Waals surface area contributed by atoms with Gasteiger partial charge < -0.3 is 4.74 Å². The highest BCUT2D eigenvalue weighted by Gasteiger charge is 2.19. The fourth-order valence-electron chi connectivity index (χ4n) is 5.81. The van der Waals surface area contributed by atoms with Crippen molar-refractivity contribution in [2.24, 2.45) is 19.2 Å². The number of benzene rings is 2. The van der Waals surface area contributed by atoms with Gasteiger partial charge >= 0.3 is 11.7 Å². The van der Waals surface area contributed by atoms with Crippen LogP contribution in [-0.2, 0) is 41.3 Å². The molecule has 5 aromatic rings. The molecule has 0 saturated heterocycles. The molecule has 0 saturated carbocycles. The largest absolute Gasteiger partial charge is 0.466 e. The fraction of sp³-hybridized carbons (Fsp3) is 0.317. The van der Waals surface area contributed by atoms with E-state index in [4.69, 9.17) is 61.7 Å². The number of hydrazone groups is 1. The van der Waals surface area contributed by atoms with Crippen LogP contribution in [0.2, 0.25) is 20.1 Å². The predicted octanol–water partition coefficient (Wildman–Crippen LogP) is 5.52. The van der Waals surface area contributed by atoms with E-state index in [1.165, 1.54) is 33.6 Å². The quantitative estimate of drug-likeness (QED) is 0.0639. The molecule has 2 N–H and O–H groups in total. The Morgan fingerprint density at radius 3 is 1.70 bits per heavy atom. The van der Waals surface area contributed by atoms with Gasteiger partial charge in [0.2, 0.25) is 17.2 Å². The highest BCUT2D eigenvalue weighted by atomic mass is 35.5. The van der Waals surface area contributed by atoms with Crippen LogP contribution >= 0.6 is 46.4 Å². The van der Waals surface area contributed by atoms with Gasteiger partial charge in [-0.1, -0.05) is 74.1 Å². The van der Waals surface area contributed by atoms with Crippen LogP contribution in [-0.4, -0.2) is 58.4 Å². The molecule has 22 heteroatoms. The Hall–Kier alpha value is -6.44. The molecule has 18 nitrogen and oxygen atoms in total. The zero-order chi connectivity index (χ0) is 46.9. The number of aromatic nitrogens is 7. The zero-order valence-corrected chi connectivity index (χ0v) is 37.9. The summed E-state index contributed by atoms with van der Waals surface area (Å²) in [7, 11) is 3.16. The average molecular weight is 940 g/mol. The van der Waals surface area contributed by atoms with Gasteiger partial charge in [0.25, 0.3) is 16.7 Å². The van der Waals surface area contributed by atoms with Gasteiger partial charge in [-0.3, -0.25) is 34.4 Å². The van der Waals surface area contributed by atoms with Crippen LogP contribution in [0.25, 0.3) is 5.69 Å². The molecule has 3 heterocycles. The molecule has 0 amide bonds. The van der Waals surface area contributed by atoms with Crippen molar-refractivity contribution in [1.29, 1.82) is 10.5 Å². The van der Waals surface area contributed by atoms with Gasteiger partial charge in [-0.05, 0) is 66.3 Å². The second-order valence-electron chi connectivity index (χ2n) is 14.2. The Kier molecular flexibility index (Phi) is 16.9. The number of nitrogens with one attached hydrogen (secondary N) is 2. The average Bonchev–Trinajstić information content (AvgIpc) is 3.20. The number of carbonyl (C=O) groups is 2. The molecule has 63 heavy (non-hydrogen) atoms. The van der Waals surface area contributed by atoms with Crippen molar-refractivity contribution in [1.82, 2.24) is 34.3 Å². The number of aryl methyl sites for hydroxylation is 2. The summed E-state index contributed by atoms with van der Waals surface area (Å²) in [4.78, 5) is 73.6. The number of esters is 1. The predicted molar refractivity (Wildman–Crippen MR) is 237 cm³/mol. The molecule has 0 atom stereocenters. The van der Waals surface area contributed by atoms with E-state index in [-0.39, 0.29) is 58.1 Å². The number of ether oxygens (including phenoxy) is 1. The third-order valence-corrected chi connectivity index (χ3v) is 10.3. The number of rotatable bonds is 13. The van der Waals surface area contributed by atoms with Crippen LogP contribution in [0.3, 0.4) is 0 Å². The summed E-state index contributed by atoms with van der Waals surface area (Å²) in [5, 5.41) is 35.2. The van der Waals surface area contributed by atoms with Gasteiger partial charge in [-0.25, -0.2) is 14.2 Å². The monoisotopic (exact) mass is 937 g/mol. The molecule has 0 aliphatic rings. The Balaban J connectivity index is 0.000000278. The van der Waals surface area contributed by atoms with Crippen molar-refractivity contribution in [3.05, 3.63) is 137 Å². The number of carbonyl (C=O) groups excluding carboxylic acids is 2. The van der Waals surface area contributed by atoms with Gasteiger partial charge in [0.05, 0.1) is 29.4 Å². The maximum Gasteiger partial charge on any atom is 0.349 e. The first-order valence-electron chi connectivity index (χ1n) is 18.9. The smallest absolute Gasteiger partial charge is 0.349 e. The molecule has 0 aliphatic carbocycles. The number of anilines is 1. The summed E-state index contributed by atoms with van der Waals surface area (Å²) in [6.07, 6.45) is -0.0486. The fourth-order valence-corrected chi connectivity index (χ4v) is 7.04. The van der Waals surface area contributed by atoms with Crippen LogP contribution in [0.4, 0.5) is 5.69 Å². The molecule has 0 radical (unpaired) electrons. The minimum absolute atomic E-state index is 0.0197. The van der Waals surface area contributed by atoms with E-state index in [1.54, 1.807) is 45.3 Å². The summed E-state index contributed by atoms with van der Waals surface area (Å²) in [5.74, 6) is -1.47. The first kappa shape index (κ1) is 49.2. The number of aromatic amines is 1. The zero-order valence-electron chi connectivity index (χ0n) is 34.8. The molecule has 328 valence electrons. The van der Waals surface area contributed by atoms with Crippen molar-refractivity contribution >= 4 is 69.6 Å². The van der Waals surface area contributed by atoms with Crippen molar-refractivity contribution in [2.45, 2.75) is 65.7 Å². The second-order valence-corrected chi connectivity index (χ2v) is 15.9. The van der Waals surface area contributed by atoms with Crippen LogP contribution in [0, 0.1) is 22.7 Å². The molecular weight excluding hydrogens is 900 g/mol. The lowest BCUT2D eigenvalue weighted by atomic mass is 10.0. The minimum atomic E-state index is -0.880. The Bertz CT molecular complexity index is 2910. The van der Waals surface area contributed by atoms with Crippen LogP contribution in [0.1, 0.15) is 92.2 Å². The van der Waals surface area contributed by atoms with Crippen LogP contribution in [0.15, 0.2) is 60.7 Å². The number of hydrogen-bond donors (Lipinski definition) is 2. The highest BCUT2D eigenvalue weighted by Crippen LogP contribution is 2.32. The van der Waals surface area contributed by atoms with Gasteiger partial charge in [0, 0.05) is 58.2 Å². The molecule has 0 spiro atoms. The van der Waals surface area contributed by atoms with E-state index in [9.17, 15) is 28.8 Å². The third-order valence-electron chi connectivity index (χ3n) is 8.96. The van der Waals surface area contributed by atoms with E-state index in [1.807, 2.05) is 32.7 Å². The minimum Gasteiger partial charge on any atom is -0.466 e. The molecule has 2 aromatic carbocycles. The first-order chi connectivity index (χ1) is 29.7. The summed E-state index contributed by atoms with van der Waals surface area (Å²) in [6, 6.07) is 12.7. The number of hydrogen-bond acceptors (Lipinski definition) is 14. The Morgan fingerprint density at radius 2 is 1.27 bits per heavy atom. The lowest BCUT2D eigenvalue weighted by Gasteiger charge is -2.13. The number of Topliss-reactive ketones (excluding diaryl/α,β-unsaturated/α-hetero) is 1. The van der Waals surface area contributed by atoms with Gasteiger partial charge in [-0.2, -0.15) is 30.5 Å². The number of nitrogens with zero attached hydrogens (tertiary/aromatic N) is 9.